The van der Waals surface area contributed by atoms with Gasteiger partial charge in [-0.3, -0.25) is 0 Å². The maximum atomic E-state index is 12.4. The molecule has 0 saturated carbocycles. The third-order valence-corrected chi connectivity index (χ3v) is 1.89. The van der Waals surface area contributed by atoms with Crippen LogP contribution in [0.1, 0.15) is 22.6 Å². The molecule has 1 N–H and O–H groups in total. The first kappa shape index (κ1) is 11.6. The lowest BCUT2D eigenvalue weighted by Gasteiger charge is -2.08. The normalized spacial score (nSPS) is 10.5. The van der Waals surface area contributed by atoms with Gasteiger partial charge in [-0.2, -0.15) is 0 Å². The van der Waals surface area contributed by atoms with Gasteiger partial charge in [-0.25, -0.2) is 18.6 Å². The van der Waals surface area contributed by atoms with Crippen LogP contribution < -0.4 is 4.74 Å². The van der Waals surface area contributed by atoms with E-state index < -0.39 is 23.8 Å². The number of carboxylic acid groups (broad SMARTS) is 1. The fourth-order valence-corrected chi connectivity index (χ4v) is 1.18. The van der Waals surface area contributed by atoms with Crippen molar-refractivity contribution in [2.75, 3.05) is 7.11 Å². The Balaban J connectivity index is 3.37. The SMILES string of the molecule is COc1cc(Cl)c(C(=O)O)nc1C(F)F. The summed E-state index contributed by atoms with van der Waals surface area (Å²) in [7, 11) is 1.17. The lowest BCUT2D eigenvalue weighted by Crippen LogP contribution is -2.06. The van der Waals surface area contributed by atoms with Gasteiger partial charge in [0.15, 0.2) is 5.69 Å². The number of hydrogen-bond donors (Lipinski definition) is 1. The van der Waals surface area contributed by atoms with E-state index in [1.54, 1.807) is 0 Å². The zero-order chi connectivity index (χ0) is 11.6. The molecule has 1 aromatic heterocycles. The average Bonchev–Trinajstić information content (AvgIpc) is 2.16. The molecule has 1 heterocycles. The quantitative estimate of drug-likeness (QED) is 0.877. The first-order valence-electron chi connectivity index (χ1n) is 3.73. The van der Waals surface area contributed by atoms with Crippen LogP contribution in [0.5, 0.6) is 5.75 Å². The summed E-state index contributed by atoms with van der Waals surface area (Å²) in [5, 5.41) is 8.36. The summed E-state index contributed by atoms with van der Waals surface area (Å²) in [6.45, 7) is 0. The fourth-order valence-electron chi connectivity index (χ4n) is 0.956. The van der Waals surface area contributed by atoms with Crippen molar-refractivity contribution in [2.45, 2.75) is 6.43 Å². The van der Waals surface area contributed by atoms with Gasteiger partial charge < -0.3 is 9.84 Å². The molecule has 0 fully saturated rings. The maximum Gasteiger partial charge on any atom is 0.356 e. The Morgan fingerprint density at radius 3 is 2.67 bits per heavy atom. The first-order chi connectivity index (χ1) is 6.97. The monoisotopic (exact) mass is 237 g/mol. The van der Waals surface area contributed by atoms with Crippen molar-refractivity contribution in [3.8, 4) is 5.75 Å². The molecule has 0 saturated heterocycles. The van der Waals surface area contributed by atoms with Gasteiger partial charge in [0.1, 0.15) is 11.4 Å². The lowest BCUT2D eigenvalue weighted by molar-refractivity contribution is 0.0688. The maximum absolute atomic E-state index is 12.4. The molecular weight excluding hydrogens is 232 g/mol. The van der Waals surface area contributed by atoms with Crippen molar-refractivity contribution in [1.82, 2.24) is 4.98 Å². The van der Waals surface area contributed by atoms with E-state index in [1.807, 2.05) is 0 Å². The Kier molecular flexibility index (Phi) is 3.41. The van der Waals surface area contributed by atoms with E-state index in [0.29, 0.717) is 0 Å². The predicted molar refractivity (Wildman–Crippen MR) is 47.7 cm³/mol. The molecule has 82 valence electrons. The number of ether oxygens (including phenoxy) is 1. The molecule has 0 aromatic carbocycles. The highest BCUT2D eigenvalue weighted by molar-refractivity contribution is 6.33. The van der Waals surface area contributed by atoms with Crippen LogP contribution in [0.4, 0.5) is 8.78 Å². The largest absolute Gasteiger partial charge is 0.495 e. The molecular formula is C8H6ClF2NO3. The smallest absolute Gasteiger partial charge is 0.356 e. The van der Waals surface area contributed by atoms with E-state index in [-0.39, 0.29) is 10.8 Å². The first-order valence-corrected chi connectivity index (χ1v) is 4.11. The van der Waals surface area contributed by atoms with E-state index in [1.165, 1.54) is 7.11 Å². The molecule has 7 heteroatoms. The van der Waals surface area contributed by atoms with E-state index >= 15 is 0 Å². The third kappa shape index (κ3) is 2.33. The van der Waals surface area contributed by atoms with E-state index in [0.717, 1.165) is 6.07 Å². The Hall–Kier alpha value is -1.43. The minimum Gasteiger partial charge on any atom is -0.495 e. The number of nitrogens with zero attached hydrogens (tertiary/aromatic N) is 1. The van der Waals surface area contributed by atoms with Gasteiger partial charge in [-0.1, -0.05) is 11.6 Å². The van der Waals surface area contributed by atoms with Crippen LogP contribution >= 0.6 is 11.6 Å². The molecule has 0 atom stereocenters. The zero-order valence-corrected chi connectivity index (χ0v) is 8.26. The third-order valence-electron chi connectivity index (χ3n) is 1.60. The van der Waals surface area contributed by atoms with Crippen molar-refractivity contribution in [1.29, 1.82) is 0 Å². The van der Waals surface area contributed by atoms with Crippen LogP contribution in [0, 0.1) is 0 Å². The Morgan fingerprint density at radius 1 is 1.67 bits per heavy atom. The number of alkyl halides is 2. The van der Waals surface area contributed by atoms with E-state index in [9.17, 15) is 13.6 Å². The van der Waals surface area contributed by atoms with Crippen LogP contribution in [-0.2, 0) is 0 Å². The van der Waals surface area contributed by atoms with Gasteiger partial charge >= 0.3 is 5.97 Å². The van der Waals surface area contributed by atoms with Crippen molar-refractivity contribution in [3.05, 3.63) is 22.5 Å². The number of carboxylic acids is 1. The van der Waals surface area contributed by atoms with Crippen LogP contribution in [0.3, 0.4) is 0 Å². The minimum absolute atomic E-state index is 0.236. The summed E-state index contributed by atoms with van der Waals surface area (Å²) in [4.78, 5) is 13.8. The number of methoxy groups -OCH3 is 1. The standard InChI is InChI=1S/C8H6ClF2NO3/c1-15-4-2-3(9)5(8(13)14)12-6(4)7(10)11/h2,7H,1H3,(H,13,14). The van der Waals surface area contributed by atoms with Gasteiger partial charge in [0.25, 0.3) is 6.43 Å². The van der Waals surface area contributed by atoms with Crippen molar-refractivity contribution >= 4 is 17.6 Å². The second kappa shape index (κ2) is 4.39. The number of pyridine rings is 1. The number of halogens is 3. The Morgan fingerprint density at radius 2 is 2.27 bits per heavy atom. The highest BCUT2D eigenvalue weighted by Gasteiger charge is 2.21. The summed E-state index contributed by atoms with van der Waals surface area (Å²) < 4.78 is 29.4. The fraction of sp³-hybridized carbons (Fsp3) is 0.250. The van der Waals surface area contributed by atoms with Gasteiger partial charge in [-0.05, 0) is 0 Å². The van der Waals surface area contributed by atoms with Gasteiger partial charge in [0, 0.05) is 6.07 Å². The number of rotatable bonds is 3. The van der Waals surface area contributed by atoms with Gasteiger partial charge in [0.2, 0.25) is 0 Å². The molecule has 0 aliphatic heterocycles. The van der Waals surface area contributed by atoms with Crippen LogP contribution in [-0.4, -0.2) is 23.2 Å². The van der Waals surface area contributed by atoms with Crippen LogP contribution in [0.25, 0.3) is 0 Å². The summed E-state index contributed by atoms with van der Waals surface area (Å²) in [6.07, 6.45) is -2.92. The van der Waals surface area contributed by atoms with Crippen LogP contribution in [0.2, 0.25) is 5.02 Å². The van der Waals surface area contributed by atoms with Gasteiger partial charge in [-0.15, -0.1) is 0 Å². The number of hydrogen-bond acceptors (Lipinski definition) is 3. The minimum atomic E-state index is -2.92. The zero-order valence-electron chi connectivity index (χ0n) is 7.50. The average molecular weight is 238 g/mol. The van der Waals surface area contributed by atoms with Crippen molar-refractivity contribution in [2.24, 2.45) is 0 Å². The molecule has 15 heavy (non-hydrogen) atoms. The Bertz CT molecular complexity index is 398. The highest BCUT2D eigenvalue weighted by atomic mass is 35.5. The number of aromatic nitrogens is 1. The molecule has 0 aliphatic rings. The molecule has 1 aromatic rings. The summed E-state index contributed by atoms with van der Waals surface area (Å²) in [5.74, 6) is -1.70. The molecule has 0 spiro atoms. The molecule has 1 rings (SSSR count). The molecule has 0 radical (unpaired) electrons. The van der Waals surface area contributed by atoms with Crippen molar-refractivity contribution in [3.63, 3.8) is 0 Å². The highest BCUT2D eigenvalue weighted by Crippen LogP contribution is 2.30. The van der Waals surface area contributed by atoms with Gasteiger partial charge in [0.05, 0.1) is 12.1 Å². The lowest BCUT2D eigenvalue weighted by atomic mass is 10.2. The molecule has 0 amide bonds. The summed E-state index contributed by atoms with van der Waals surface area (Å²) in [6, 6.07) is 1.000. The van der Waals surface area contributed by atoms with Crippen molar-refractivity contribution < 1.29 is 23.4 Å². The summed E-state index contributed by atoms with van der Waals surface area (Å²) in [5.41, 5.74) is -1.35. The number of carbonyl (C=O) groups is 1. The second-order valence-electron chi connectivity index (χ2n) is 2.51. The molecule has 4 nitrogen and oxygen atoms in total. The molecule has 0 unspecified atom stereocenters. The van der Waals surface area contributed by atoms with E-state index in [4.69, 9.17) is 16.7 Å². The van der Waals surface area contributed by atoms with Crippen LogP contribution in [0.15, 0.2) is 6.07 Å². The predicted octanol–water partition coefficient (Wildman–Crippen LogP) is 2.38. The summed E-state index contributed by atoms with van der Waals surface area (Å²) >= 11 is 5.51. The molecule has 0 bridgehead atoms. The second-order valence-corrected chi connectivity index (χ2v) is 2.92. The number of aromatic carboxylic acids is 1. The topological polar surface area (TPSA) is 59.4 Å². The van der Waals surface area contributed by atoms with E-state index in [2.05, 4.69) is 9.72 Å². The molecule has 0 aliphatic carbocycles. The Labute approximate surface area is 88.4 Å².